The number of rotatable bonds is 3. The highest BCUT2D eigenvalue weighted by Gasteiger charge is 2.06. The van der Waals surface area contributed by atoms with Crippen LogP contribution in [0.2, 0.25) is 0 Å². The first-order valence-electron chi connectivity index (χ1n) is 5.24. The molecule has 4 nitrogen and oxygen atoms in total. The fourth-order valence-electron chi connectivity index (χ4n) is 1.64. The molecule has 2 rings (SSSR count). The minimum absolute atomic E-state index is 0.144. The number of H-pyrrole nitrogens is 1. The molecular weight excluding hydrogens is 231 g/mol. The molecule has 0 spiro atoms. The number of nitrogens with one attached hydrogen (secondary N) is 2. The van der Waals surface area contributed by atoms with Gasteiger partial charge < -0.3 is 4.98 Å². The summed E-state index contributed by atoms with van der Waals surface area (Å²) in [5.41, 5.74) is 2.33. The van der Waals surface area contributed by atoms with Gasteiger partial charge in [0.05, 0.1) is 18.2 Å². The highest BCUT2D eigenvalue weighted by molar-refractivity contribution is 5.64. The predicted molar refractivity (Wildman–Crippen MR) is 64.7 cm³/mol. The molecule has 88 valence electrons. The van der Waals surface area contributed by atoms with Crippen molar-refractivity contribution in [1.82, 2.24) is 4.98 Å². The predicted octanol–water partition coefficient (Wildman–Crippen LogP) is 2.78. The third-order valence-corrected chi connectivity index (χ3v) is 2.49. The maximum Gasteiger partial charge on any atom is 0.181 e. The number of nitriles is 2. The second-order valence-corrected chi connectivity index (χ2v) is 3.66. The molecule has 1 aromatic carbocycles. The highest BCUT2D eigenvalue weighted by atomic mass is 19.1. The standard InChI is InChI=1S/C13H9FN4/c14-11-7-9(1-3-13(11)17-8-16)12-4-2-10(18-12)5-6-15/h1-4,7,17-18H,5H2. The smallest absolute Gasteiger partial charge is 0.181 e. The van der Waals surface area contributed by atoms with E-state index in [9.17, 15) is 4.39 Å². The molecule has 1 aromatic heterocycles. The number of aromatic amines is 1. The van der Waals surface area contributed by atoms with Crippen LogP contribution in [0.5, 0.6) is 0 Å². The Kier molecular flexibility index (Phi) is 3.26. The van der Waals surface area contributed by atoms with Crippen LogP contribution in [0.1, 0.15) is 5.69 Å². The quantitative estimate of drug-likeness (QED) is 0.639. The van der Waals surface area contributed by atoms with Gasteiger partial charge in [0.2, 0.25) is 0 Å². The SMILES string of the molecule is N#CCc1ccc(-c2ccc(NC#N)c(F)c2)[nH]1. The van der Waals surface area contributed by atoms with Crippen molar-refractivity contribution in [2.75, 3.05) is 5.32 Å². The number of halogens is 1. The van der Waals surface area contributed by atoms with Gasteiger partial charge in [0.1, 0.15) is 5.82 Å². The van der Waals surface area contributed by atoms with E-state index < -0.39 is 5.82 Å². The first-order valence-corrected chi connectivity index (χ1v) is 5.24. The van der Waals surface area contributed by atoms with Crippen LogP contribution in [0.3, 0.4) is 0 Å². The van der Waals surface area contributed by atoms with Crippen molar-refractivity contribution in [2.24, 2.45) is 0 Å². The maximum absolute atomic E-state index is 13.6. The van der Waals surface area contributed by atoms with Crippen LogP contribution >= 0.6 is 0 Å². The van der Waals surface area contributed by atoms with E-state index in [2.05, 4.69) is 10.3 Å². The van der Waals surface area contributed by atoms with E-state index in [-0.39, 0.29) is 12.1 Å². The Morgan fingerprint density at radius 2 is 2.06 bits per heavy atom. The Bertz CT molecular complexity index is 646. The van der Waals surface area contributed by atoms with Gasteiger partial charge in [-0.05, 0) is 24.3 Å². The first kappa shape index (κ1) is 11.7. The van der Waals surface area contributed by atoms with Crippen LogP contribution in [-0.4, -0.2) is 4.98 Å². The molecule has 0 aliphatic rings. The maximum atomic E-state index is 13.6. The molecule has 1 heterocycles. The van der Waals surface area contributed by atoms with E-state index in [1.165, 1.54) is 12.1 Å². The van der Waals surface area contributed by atoms with Gasteiger partial charge in [-0.2, -0.15) is 10.5 Å². The Morgan fingerprint density at radius 1 is 1.22 bits per heavy atom. The van der Waals surface area contributed by atoms with Crippen molar-refractivity contribution in [3.05, 3.63) is 41.8 Å². The summed E-state index contributed by atoms with van der Waals surface area (Å²) in [4.78, 5) is 3.03. The Hall–Kier alpha value is -2.79. The zero-order valence-corrected chi connectivity index (χ0v) is 9.37. The molecule has 0 radical (unpaired) electrons. The van der Waals surface area contributed by atoms with Crippen LogP contribution in [0.25, 0.3) is 11.3 Å². The minimum atomic E-state index is -0.495. The summed E-state index contributed by atoms with van der Waals surface area (Å²) in [6, 6.07) is 10.1. The van der Waals surface area contributed by atoms with Crippen LogP contribution in [-0.2, 0) is 6.42 Å². The number of hydrogen-bond donors (Lipinski definition) is 2. The number of aromatic nitrogens is 1. The van der Waals surface area contributed by atoms with Crippen molar-refractivity contribution in [3.8, 4) is 23.5 Å². The lowest BCUT2D eigenvalue weighted by atomic mass is 10.1. The molecule has 18 heavy (non-hydrogen) atoms. The Labute approximate surface area is 103 Å². The largest absolute Gasteiger partial charge is 0.358 e. The average molecular weight is 240 g/mol. The topological polar surface area (TPSA) is 75.4 Å². The summed E-state index contributed by atoms with van der Waals surface area (Å²) >= 11 is 0. The zero-order valence-electron chi connectivity index (χ0n) is 9.37. The van der Waals surface area contributed by atoms with Crippen LogP contribution in [0.15, 0.2) is 30.3 Å². The zero-order chi connectivity index (χ0) is 13.0. The molecule has 0 aliphatic heterocycles. The van der Waals surface area contributed by atoms with Gasteiger partial charge in [0.25, 0.3) is 0 Å². The molecule has 5 heteroatoms. The lowest BCUT2D eigenvalue weighted by molar-refractivity contribution is 0.632. The fraction of sp³-hybridized carbons (Fsp3) is 0.0769. The fourth-order valence-corrected chi connectivity index (χ4v) is 1.64. The van der Waals surface area contributed by atoms with Crippen molar-refractivity contribution in [2.45, 2.75) is 6.42 Å². The van der Waals surface area contributed by atoms with Crippen molar-refractivity contribution in [3.63, 3.8) is 0 Å². The Morgan fingerprint density at radius 3 is 2.72 bits per heavy atom. The minimum Gasteiger partial charge on any atom is -0.358 e. The second kappa shape index (κ2) is 5.03. The van der Waals surface area contributed by atoms with E-state index >= 15 is 0 Å². The molecule has 0 saturated carbocycles. The van der Waals surface area contributed by atoms with Crippen molar-refractivity contribution < 1.29 is 4.39 Å². The summed E-state index contributed by atoms with van der Waals surface area (Å²) < 4.78 is 13.6. The van der Waals surface area contributed by atoms with Gasteiger partial charge in [-0.1, -0.05) is 6.07 Å². The summed E-state index contributed by atoms with van der Waals surface area (Å²) in [7, 11) is 0. The summed E-state index contributed by atoms with van der Waals surface area (Å²) in [6.45, 7) is 0. The monoisotopic (exact) mass is 240 g/mol. The highest BCUT2D eigenvalue weighted by Crippen LogP contribution is 2.23. The molecule has 0 aliphatic carbocycles. The number of benzene rings is 1. The van der Waals surface area contributed by atoms with Gasteiger partial charge in [0, 0.05) is 17.0 Å². The second-order valence-electron chi connectivity index (χ2n) is 3.66. The van der Waals surface area contributed by atoms with E-state index in [4.69, 9.17) is 10.5 Å². The van der Waals surface area contributed by atoms with Crippen LogP contribution in [0, 0.1) is 28.6 Å². The lowest BCUT2D eigenvalue weighted by Crippen LogP contribution is -1.92. The summed E-state index contributed by atoms with van der Waals surface area (Å²) in [6.07, 6.45) is 1.96. The van der Waals surface area contributed by atoms with E-state index in [1.807, 2.05) is 6.07 Å². The molecule has 0 bridgehead atoms. The van der Waals surface area contributed by atoms with E-state index in [0.717, 1.165) is 11.4 Å². The number of nitrogens with zero attached hydrogens (tertiary/aromatic N) is 2. The Balaban J connectivity index is 2.31. The van der Waals surface area contributed by atoms with Crippen molar-refractivity contribution >= 4 is 5.69 Å². The molecule has 0 amide bonds. The lowest BCUT2D eigenvalue weighted by Gasteiger charge is -2.03. The summed E-state index contributed by atoms with van der Waals surface area (Å²) in [5.74, 6) is -0.495. The molecule has 0 unspecified atom stereocenters. The van der Waals surface area contributed by atoms with Gasteiger partial charge in [0.15, 0.2) is 6.19 Å². The molecule has 0 saturated heterocycles. The molecule has 0 atom stereocenters. The van der Waals surface area contributed by atoms with E-state index in [1.54, 1.807) is 24.4 Å². The van der Waals surface area contributed by atoms with Gasteiger partial charge in [-0.25, -0.2) is 4.39 Å². The molecule has 2 N–H and O–H groups in total. The van der Waals surface area contributed by atoms with Crippen molar-refractivity contribution in [1.29, 1.82) is 10.5 Å². The van der Waals surface area contributed by atoms with Gasteiger partial charge >= 0.3 is 0 Å². The van der Waals surface area contributed by atoms with Crippen LogP contribution in [0.4, 0.5) is 10.1 Å². The van der Waals surface area contributed by atoms with Crippen LogP contribution < -0.4 is 5.32 Å². The average Bonchev–Trinajstić information content (AvgIpc) is 2.81. The third-order valence-electron chi connectivity index (χ3n) is 2.49. The number of anilines is 1. The van der Waals surface area contributed by atoms with Gasteiger partial charge in [-0.15, -0.1) is 0 Å². The molecule has 2 aromatic rings. The van der Waals surface area contributed by atoms with E-state index in [0.29, 0.717) is 5.56 Å². The molecular formula is C13H9FN4. The molecule has 0 fully saturated rings. The van der Waals surface area contributed by atoms with Gasteiger partial charge in [-0.3, -0.25) is 5.32 Å². The first-order chi connectivity index (χ1) is 8.74. The third kappa shape index (κ3) is 2.31. The summed E-state index contributed by atoms with van der Waals surface area (Å²) in [5, 5.41) is 19.3. The normalized spacial score (nSPS) is 9.50. The number of hydrogen-bond acceptors (Lipinski definition) is 3.